The number of carbonyl (C=O) groups excluding carboxylic acids is 1. The number of aromatic nitrogens is 1. The van der Waals surface area contributed by atoms with Crippen LogP contribution in [0.15, 0.2) is 33.9 Å². The van der Waals surface area contributed by atoms with Gasteiger partial charge in [-0.25, -0.2) is 13.4 Å². The fraction of sp³-hybridized carbons (Fsp3) is 0.500. The molecular formula is C24H31ClN4O3S3. The molecule has 0 bridgehead atoms. The van der Waals surface area contributed by atoms with Crippen LogP contribution in [0.5, 0.6) is 0 Å². The predicted octanol–water partition coefficient (Wildman–Crippen LogP) is 5.10. The zero-order valence-corrected chi connectivity index (χ0v) is 23.4. The number of carbonyl (C=O) groups is 1. The van der Waals surface area contributed by atoms with E-state index < -0.39 is 15.9 Å². The minimum Gasteiger partial charge on any atom is -0.302 e. The van der Waals surface area contributed by atoms with Gasteiger partial charge >= 0.3 is 0 Å². The van der Waals surface area contributed by atoms with Crippen LogP contribution in [0.1, 0.15) is 32.3 Å². The summed E-state index contributed by atoms with van der Waals surface area (Å²) in [5.41, 5.74) is 1.82. The fourth-order valence-electron chi connectivity index (χ4n) is 4.41. The Morgan fingerprint density at radius 3 is 2.66 bits per heavy atom. The first-order valence-corrected chi connectivity index (χ1v) is 15.4. The molecule has 7 nitrogen and oxygen atoms in total. The van der Waals surface area contributed by atoms with E-state index >= 15 is 0 Å². The molecule has 1 amide bonds. The number of piperidine rings is 1. The van der Waals surface area contributed by atoms with Crippen molar-refractivity contribution < 1.29 is 13.2 Å². The number of aryl methyl sites for hydroxylation is 1. The van der Waals surface area contributed by atoms with Crippen LogP contribution >= 0.6 is 34.3 Å². The lowest BCUT2D eigenvalue weighted by Gasteiger charge is -2.34. The topological polar surface area (TPSA) is 73.8 Å². The Hall–Kier alpha value is -1.56. The normalized spacial score (nSPS) is 17.3. The number of thiazole rings is 1. The van der Waals surface area contributed by atoms with E-state index in [2.05, 4.69) is 18.7 Å². The van der Waals surface area contributed by atoms with Gasteiger partial charge < -0.3 is 4.90 Å². The van der Waals surface area contributed by atoms with Gasteiger partial charge in [0.05, 0.1) is 21.2 Å². The van der Waals surface area contributed by atoms with Gasteiger partial charge in [0.25, 0.3) is 10.0 Å². The molecule has 1 saturated heterocycles. The van der Waals surface area contributed by atoms with Crippen molar-refractivity contribution in [2.45, 2.75) is 37.8 Å². The number of anilines is 1. The van der Waals surface area contributed by atoms with Crippen LogP contribution < -0.4 is 4.90 Å². The van der Waals surface area contributed by atoms with Gasteiger partial charge in [0.15, 0.2) is 5.13 Å². The van der Waals surface area contributed by atoms with Crippen LogP contribution in [0.3, 0.4) is 0 Å². The molecule has 0 N–H and O–H groups in total. The maximum absolute atomic E-state index is 13.9. The summed E-state index contributed by atoms with van der Waals surface area (Å²) in [5, 5.41) is 3.00. The maximum Gasteiger partial charge on any atom is 0.252 e. The number of likely N-dealkylation sites (N-methyl/N-ethyl adjacent to an activating group) is 1. The Morgan fingerprint density at radius 2 is 2.00 bits per heavy atom. The standard InChI is InChI=1S/C24H31ClN4O3S3/c1-4-27(5-2)13-14-29(24-26-21-17(3)10-11-19(25)22(21)34-24)23(30)18-8-6-12-28(16-18)35(31,32)20-9-7-15-33-20/h7,9-11,15,18H,4-6,8,12-14,16H2,1-3H3. The summed E-state index contributed by atoms with van der Waals surface area (Å²) >= 11 is 9.08. The number of amides is 1. The van der Waals surface area contributed by atoms with E-state index in [0.29, 0.717) is 46.8 Å². The van der Waals surface area contributed by atoms with Gasteiger partial charge in [-0.3, -0.25) is 9.69 Å². The Balaban J connectivity index is 1.63. The van der Waals surface area contributed by atoms with Crippen LogP contribution in [0, 0.1) is 12.8 Å². The smallest absolute Gasteiger partial charge is 0.252 e. The van der Waals surface area contributed by atoms with Gasteiger partial charge in [0, 0.05) is 26.2 Å². The van der Waals surface area contributed by atoms with E-state index in [4.69, 9.17) is 16.6 Å². The van der Waals surface area contributed by atoms with Gasteiger partial charge in [-0.15, -0.1) is 11.3 Å². The molecule has 0 saturated carbocycles. The number of hydrogen-bond donors (Lipinski definition) is 0. The van der Waals surface area contributed by atoms with Crippen molar-refractivity contribution in [1.82, 2.24) is 14.2 Å². The first kappa shape index (κ1) is 26.5. The van der Waals surface area contributed by atoms with E-state index in [-0.39, 0.29) is 12.5 Å². The molecule has 1 aliphatic rings. The highest BCUT2D eigenvalue weighted by Crippen LogP contribution is 2.37. The number of fused-ring (bicyclic) bond motifs is 1. The van der Waals surface area contributed by atoms with E-state index in [1.165, 1.54) is 27.0 Å². The quantitative estimate of drug-likeness (QED) is 0.368. The van der Waals surface area contributed by atoms with Crippen LogP contribution in [0.25, 0.3) is 10.2 Å². The summed E-state index contributed by atoms with van der Waals surface area (Å²) in [6, 6.07) is 7.15. The first-order chi connectivity index (χ1) is 16.8. The number of nitrogens with zero attached hydrogens (tertiary/aromatic N) is 4. The second-order valence-electron chi connectivity index (χ2n) is 8.69. The molecule has 3 aromatic rings. The third-order valence-corrected chi connectivity index (χ3v) is 11.3. The van der Waals surface area contributed by atoms with Gasteiger partial charge in [-0.2, -0.15) is 4.31 Å². The summed E-state index contributed by atoms with van der Waals surface area (Å²) in [6.07, 6.45) is 1.30. The molecule has 4 rings (SSSR count). The molecular weight excluding hydrogens is 524 g/mol. The van der Waals surface area contributed by atoms with E-state index in [9.17, 15) is 13.2 Å². The van der Waals surface area contributed by atoms with Crippen molar-refractivity contribution in [3.8, 4) is 0 Å². The summed E-state index contributed by atoms with van der Waals surface area (Å²) in [4.78, 5) is 22.8. The first-order valence-electron chi connectivity index (χ1n) is 11.9. The van der Waals surface area contributed by atoms with Crippen LogP contribution in [0.4, 0.5) is 5.13 Å². The monoisotopic (exact) mass is 554 g/mol. The molecule has 190 valence electrons. The van der Waals surface area contributed by atoms with Gasteiger partial charge in [0.2, 0.25) is 5.91 Å². The summed E-state index contributed by atoms with van der Waals surface area (Å²) < 4.78 is 28.9. The molecule has 0 spiro atoms. The van der Waals surface area contributed by atoms with E-state index in [0.717, 1.165) is 28.9 Å². The van der Waals surface area contributed by atoms with Crippen molar-refractivity contribution in [1.29, 1.82) is 0 Å². The summed E-state index contributed by atoms with van der Waals surface area (Å²) in [6.45, 7) is 9.79. The molecule has 1 aliphatic heterocycles. The molecule has 1 fully saturated rings. The lowest BCUT2D eigenvalue weighted by molar-refractivity contribution is -0.123. The second kappa shape index (κ2) is 11.2. The molecule has 0 radical (unpaired) electrons. The number of halogens is 1. The minimum atomic E-state index is -3.60. The average molecular weight is 555 g/mol. The molecule has 1 unspecified atom stereocenters. The van der Waals surface area contributed by atoms with Crippen LogP contribution in [-0.2, 0) is 14.8 Å². The van der Waals surface area contributed by atoms with Crippen molar-refractivity contribution in [3.63, 3.8) is 0 Å². The second-order valence-corrected chi connectivity index (χ2v) is 13.2. The number of thiophene rings is 1. The van der Waals surface area contributed by atoms with Crippen molar-refractivity contribution in [2.24, 2.45) is 5.92 Å². The highest BCUT2D eigenvalue weighted by atomic mass is 35.5. The Kier molecular flexibility index (Phi) is 8.50. The van der Waals surface area contributed by atoms with Crippen LogP contribution in [0.2, 0.25) is 5.02 Å². The summed E-state index contributed by atoms with van der Waals surface area (Å²) in [7, 11) is -3.60. The maximum atomic E-state index is 13.9. The third kappa shape index (κ3) is 5.57. The van der Waals surface area contributed by atoms with E-state index in [1.54, 1.807) is 22.4 Å². The van der Waals surface area contributed by atoms with Crippen molar-refractivity contribution in [2.75, 3.05) is 44.2 Å². The average Bonchev–Trinajstić information content (AvgIpc) is 3.56. The minimum absolute atomic E-state index is 0.0731. The zero-order chi connectivity index (χ0) is 25.2. The third-order valence-electron chi connectivity index (χ3n) is 6.54. The summed E-state index contributed by atoms with van der Waals surface area (Å²) in [5.74, 6) is -0.491. The Labute approximate surface area is 220 Å². The molecule has 3 heterocycles. The SMILES string of the molecule is CCN(CC)CCN(C(=O)C1CCCN(S(=O)(=O)c2cccs2)C1)c1nc2c(C)ccc(Cl)c2s1. The van der Waals surface area contributed by atoms with Gasteiger partial charge in [0.1, 0.15) is 4.21 Å². The molecule has 2 aromatic heterocycles. The lowest BCUT2D eigenvalue weighted by atomic mass is 9.98. The van der Waals surface area contributed by atoms with Gasteiger partial charge in [-0.1, -0.05) is 48.9 Å². The predicted molar refractivity (Wildman–Crippen MR) is 145 cm³/mol. The largest absolute Gasteiger partial charge is 0.302 e. The molecule has 11 heteroatoms. The fourth-order valence-corrected chi connectivity index (χ4v) is 8.42. The molecule has 35 heavy (non-hydrogen) atoms. The lowest BCUT2D eigenvalue weighted by Crippen LogP contribution is -2.48. The van der Waals surface area contributed by atoms with Crippen molar-refractivity contribution in [3.05, 3.63) is 40.2 Å². The van der Waals surface area contributed by atoms with Gasteiger partial charge in [-0.05, 0) is 55.9 Å². The highest BCUT2D eigenvalue weighted by Gasteiger charge is 2.36. The number of rotatable bonds is 9. The van der Waals surface area contributed by atoms with Crippen molar-refractivity contribution >= 4 is 65.6 Å². The number of hydrogen-bond acceptors (Lipinski definition) is 7. The Morgan fingerprint density at radius 1 is 1.23 bits per heavy atom. The molecule has 0 aliphatic carbocycles. The molecule has 1 atom stereocenters. The van der Waals surface area contributed by atoms with Crippen LogP contribution in [-0.4, -0.2) is 67.8 Å². The van der Waals surface area contributed by atoms with E-state index in [1.807, 2.05) is 19.1 Å². The highest BCUT2D eigenvalue weighted by molar-refractivity contribution is 7.91. The zero-order valence-electron chi connectivity index (χ0n) is 20.2. The number of benzene rings is 1. The number of sulfonamides is 1. The molecule has 1 aromatic carbocycles. The Bertz CT molecular complexity index is 1230.